The van der Waals surface area contributed by atoms with Crippen molar-refractivity contribution < 1.29 is 42.9 Å². The highest BCUT2D eigenvalue weighted by Gasteiger charge is 2.25. The Bertz CT molecular complexity index is 1380. The number of aliphatic carboxylic acids is 1. The van der Waals surface area contributed by atoms with Crippen molar-refractivity contribution in [2.24, 2.45) is 0 Å². The monoisotopic (exact) mass is 1030 g/mol. The molecule has 0 fully saturated rings. The Morgan fingerprint density at radius 2 is 0.781 bits per heavy atom. The van der Waals surface area contributed by atoms with Gasteiger partial charge in [0.25, 0.3) is 6.29 Å². The first kappa shape index (κ1) is 70.0. The highest BCUT2D eigenvalue weighted by Crippen LogP contribution is 2.17. The number of likely N-dealkylation sites (N-methyl/N-ethyl adjacent to an activating group) is 1. The third kappa shape index (κ3) is 56.6. The molecule has 0 rings (SSSR count). The van der Waals surface area contributed by atoms with Crippen LogP contribution in [0.2, 0.25) is 0 Å². The maximum atomic E-state index is 12.8. The van der Waals surface area contributed by atoms with Crippen LogP contribution in [0.25, 0.3) is 0 Å². The lowest BCUT2D eigenvalue weighted by Crippen LogP contribution is -2.40. The van der Waals surface area contributed by atoms with Crippen LogP contribution in [-0.4, -0.2) is 87.4 Å². The SMILES string of the molecule is CC/C=C\C/C=C\C/C=C\C/C=C\CCCCC(=O)OC(COC(=O)CCCCCCCCCCCCCCCCCCCCCCC/C=C\CCCCCCCCCC)COC(OCC[N+](C)(C)C)C(=O)O. The van der Waals surface area contributed by atoms with E-state index >= 15 is 0 Å². The number of ether oxygens (including phenoxy) is 4. The van der Waals surface area contributed by atoms with E-state index in [1.54, 1.807) is 0 Å². The normalized spacial score (nSPS) is 13.2. The van der Waals surface area contributed by atoms with E-state index in [0.29, 0.717) is 23.9 Å². The number of carbonyl (C=O) groups is 3. The Balaban J connectivity index is 4.07. The molecule has 0 saturated heterocycles. The maximum Gasteiger partial charge on any atom is 0.361 e. The molecule has 9 heteroatoms. The summed E-state index contributed by atoms with van der Waals surface area (Å²) in [6.07, 6.45) is 67.7. The first-order valence-electron chi connectivity index (χ1n) is 30.5. The molecule has 2 unspecified atom stereocenters. The van der Waals surface area contributed by atoms with Gasteiger partial charge >= 0.3 is 17.9 Å². The Morgan fingerprint density at radius 1 is 0.425 bits per heavy atom. The van der Waals surface area contributed by atoms with Gasteiger partial charge in [-0.2, -0.15) is 0 Å². The number of carboxylic acid groups (broad SMARTS) is 1. The predicted molar refractivity (Wildman–Crippen MR) is 309 cm³/mol. The van der Waals surface area contributed by atoms with Crippen molar-refractivity contribution >= 4 is 17.9 Å². The van der Waals surface area contributed by atoms with Crippen LogP contribution < -0.4 is 0 Å². The zero-order chi connectivity index (χ0) is 53.4. The number of hydrogen-bond donors (Lipinski definition) is 1. The average Bonchev–Trinajstić information content (AvgIpc) is 3.36. The number of esters is 2. The number of nitrogens with zero attached hydrogens (tertiary/aromatic N) is 1. The van der Waals surface area contributed by atoms with Crippen molar-refractivity contribution in [2.75, 3.05) is 47.5 Å². The standard InChI is InChI=1S/C64H115NO8/c1-6-8-10-12-14-16-18-20-22-23-24-25-26-27-28-29-30-31-32-33-34-35-36-37-38-39-41-42-44-46-48-50-52-54-61(66)71-58-60(59-72-64(63(68)69)70-57-56-65(3,4)5)73-62(67)55-53-51-49-47-45-43-40-21-19-17-15-13-11-9-7-2/h9,11,15,17,21,23-24,40,45,47,60,64H,6-8,10,12-14,16,18-20,22,25-39,41-44,46,48-59H2,1-5H3/p+1/b11-9-,17-15-,24-23-,40-21-,47-45-. The Kier molecular flexibility index (Phi) is 53.0. The van der Waals surface area contributed by atoms with Crippen LogP contribution in [0.15, 0.2) is 60.8 Å². The molecule has 0 heterocycles. The molecular formula is C64H116NO8+. The molecule has 0 bridgehead atoms. The van der Waals surface area contributed by atoms with Crippen LogP contribution in [-0.2, 0) is 33.3 Å². The number of carbonyl (C=O) groups excluding carboxylic acids is 2. The molecule has 0 amide bonds. The Morgan fingerprint density at radius 3 is 1.21 bits per heavy atom. The van der Waals surface area contributed by atoms with Crippen LogP contribution >= 0.6 is 0 Å². The summed E-state index contributed by atoms with van der Waals surface area (Å²) in [4.78, 5) is 37.4. The number of hydrogen-bond acceptors (Lipinski definition) is 7. The molecule has 0 saturated carbocycles. The second-order valence-electron chi connectivity index (χ2n) is 21.6. The van der Waals surface area contributed by atoms with E-state index in [0.717, 1.165) is 57.8 Å². The van der Waals surface area contributed by atoms with Gasteiger partial charge in [0.1, 0.15) is 13.2 Å². The van der Waals surface area contributed by atoms with Crippen molar-refractivity contribution in [3.05, 3.63) is 60.8 Å². The second-order valence-corrected chi connectivity index (χ2v) is 21.6. The summed E-state index contributed by atoms with van der Waals surface area (Å²) in [5, 5.41) is 9.69. The maximum absolute atomic E-state index is 12.8. The molecule has 2 atom stereocenters. The predicted octanol–water partition coefficient (Wildman–Crippen LogP) is 18.0. The molecule has 0 aliphatic rings. The molecule has 0 aliphatic heterocycles. The summed E-state index contributed by atoms with van der Waals surface area (Å²) in [6.45, 7) is 4.73. The van der Waals surface area contributed by atoms with E-state index in [2.05, 4.69) is 74.6 Å². The highest BCUT2D eigenvalue weighted by molar-refractivity contribution is 5.71. The molecule has 424 valence electrons. The van der Waals surface area contributed by atoms with E-state index in [1.807, 2.05) is 21.1 Å². The Labute approximate surface area is 450 Å². The van der Waals surface area contributed by atoms with Gasteiger partial charge in [-0.1, -0.05) is 242 Å². The Hall–Kier alpha value is -3.01. The quantitative estimate of drug-likeness (QED) is 0.0211. The molecule has 0 aromatic heterocycles. The van der Waals surface area contributed by atoms with Gasteiger partial charge in [0.05, 0.1) is 34.4 Å². The zero-order valence-electron chi connectivity index (χ0n) is 48.3. The van der Waals surface area contributed by atoms with Gasteiger partial charge < -0.3 is 28.5 Å². The lowest BCUT2D eigenvalue weighted by Gasteiger charge is -2.25. The van der Waals surface area contributed by atoms with Crippen LogP contribution in [0.5, 0.6) is 0 Å². The molecular weight excluding hydrogens is 911 g/mol. The first-order valence-corrected chi connectivity index (χ1v) is 30.5. The third-order valence-corrected chi connectivity index (χ3v) is 13.3. The number of unbranched alkanes of at least 4 members (excludes halogenated alkanes) is 31. The summed E-state index contributed by atoms with van der Waals surface area (Å²) < 4.78 is 22.8. The van der Waals surface area contributed by atoms with Crippen molar-refractivity contribution in [2.45, 2.75) is 283 Å². The van der Waals surface area contributed by atoms with Gasteiger partial charge in [0.2, 0.25) is 0 Å². The van der Waals surface area contributed by atoms with Gasteiger partial charge in [-0.3, -0.25) is 9.59 Å². The summed E-state index contributed by atoms with van der Waals surface area (Å²) in [7, 11) is 5.95. The summed E-state index contributed by atoms with van der Waals surface area (Å²) in [5.74, 6) is -2.06. The number of rotatable bonds is 56. The van der Waals surface area contributed by atoms with Crippen molar-refractivity contribution in [3.63, 3.8) is 0 Å². The summed E-state index contributed by atoms with van der Waals surface area (Å²) in [5.41, 5.74) is 0. The average molecular weight is 1030 g/mol. The molecule has 1 N–H and O–H groups in total. The molecule has 0 radical (unpaired) electrons. The largest absolute Gasteiger partial charge is 0.477 e. The fourth-order valence-corrected chi connectivity index (χ4v) is 8.59. The van der Waals surface area contributed by atoms with Crippen molar-refractivity contribution in [1.29, 1.82) is 0 Å². The lowest BCUT2D eigenvalue weighted by atomic mass is 10.0. The van der Waals surface area contributed by atoms with E-state index in [9.17, 15) is 19.5 Å². The van der Waals surface area contributed by atoms with Gasteiger partial charge in [-0.25, -0.2) is 4.79 Å². The topological polar surface area (TPSA) is 108 Å². The van der Waals surface area contributed by atoms with Crippen molar-refractivity contribution in [1.82, 2.24) is 0 Å². The summed E-state index contributed by atoms with van der Waals surface area (Å²) >= 11 is 0. The fourth-order valence-electron chi connectivity index (χ4n) is 8.59. The van der Waals surface area contributed by atoms with E-state index in [4.69, 9.17) is 18.9 Å². The summed E-state index contributed by atoms with van der Waals surface area (Å²) in [6, 6.07) is 0. The molecule has 9 nitrogen and oxygen atoms in total. The van der Waals surface area contributed by atoms with Gasteiger partial charge in [0, 0.05) is 12.8 Å². The minimum atomic E-state index is -1.52. The lowest BCUT2D eigenvalue weighted by molar-refractivity contribution is -0.870. The zero-order valence-corrected chi connectivity index (χ0v) is 48.3. The fraction of sp³-hybridized carbons (Fsp3) is 0.797. The molecule has 73 heavy (non-hydrogen) atoms. The van der Waals surface area contributed by atoms with Crippen molar-refractivity contribution in [3.8, 4) is 0 Å². The van der Waals surface area contributed by atoms with E-state index in [1.165, 1.54) is 180 Å². The van der Waals surface area contributed by atoms with Crippen LogP contribution in [0, 0.1) is 0 Å². The molecule has 0 aliphatic carbocycles. The number of allylic oxidation sites excluding steroid dienone is 10. The van der Waals surface area contributed by atoms with Crippen LogP contribution in [0.3, 0.4) is 0 Å². The van der Waals surface area contributed by atoms with Crippen LogP contribution in [0.4, 0.5) is 0 Å². The molecule has 0 spiro atoms. The molecule has 0 aromatic carbocycles. The van der Waals surface area contributed by atoms with E-state index in [-0.39, 0.29) is 32.2 Å². The van der Waals surface area contributed by atoms with Gasteiger partial charge in [0.15, 0.2) is 6.10 Å². The smallest absolute Gasteiger partial charge is 0.361 e. The number of quaternary nitrogens is 1. The first-order chi connectivity index (χ1) is 35.6. The second kappa shape index (κ2) is 55.2. The van der Waals surface area contributed by atoms with Gasteiger partial charge in [-0.05, 0) is 77.0 Å². The minimum absolute atomic E-state index is 0.179. The number of carboxylic acids is 1. The minimum Gasteiger partial charge on any atom is -0.477 e. The third-order valence-electron chi connectivity index (χ3n) is 13.3. The van der Waals surface area contributed by atoms with E-state index < -0.39 is 24.3 Å². The van der Waals surface area contributed by atoms with Crippen LogP contribution in [0.1, 0.15) is 271 Å². The highest BCUT2D eigenvalue weighted by atomic mass is 16.7. The van der Waals surface area contributed by atoms with Gasteiger partial charge in [-0.15, -0.1) is 0 Å². The molecule has 0 aromatic rings.